The molecule has 0 atom stereocenters. The van der Waals surface area contributed by atoms with Gasteiger partial charge in [0.05, 0.1) is 16.6 Å². The number of pyridine rings is 2. The van der Waals surface area contributed by atoms with Crippen LogP contribution in [0.2, 0.25) is 0 Å². The van der Waals surface area contributed by atoms with Gasteiger partial charge in [-0.3, -0.25) is 9.97 Å². The molecule has 4 aromatic heterocycles. The Bertz CT molecular complexity index is 1150. The third-order valence-electron chi connectivity index (χ3n) is 4.34. The number of aryl methyl sites for hydroxylation is 1. The molecule has 0 radical (unpaired) electrons. The lowest BCUT2D eigenvalue weighted by atomic mass is 10.1. The van der Waals surface area contributed by atoms with E-state index in [9.17, 15) is 0 Å². The molecule has 4 heterocycles. The summed E-state index contributed by atoms with van der Waals surface area (Å²) in [5, 5.41) is 4.78. The molecule has 1 N–H and O–H groups in total. The van der Waals surface area contributed by atoms with Crippen molar-refractivity contribution in [2.75, 3.05) is 0 Å². The highest BCUT2D eigenvalue weighted by Crippen LogP contribution is 2.35. The van der Waals surface area contributed by atoms with Crippen LogP contribution in [0.3, 0.4) is 0 Å². The predicted octanol–water partition coefficient (Wildman–Crippen LogP) is 4.78. The molecular weight excluding hydrogens is 284 g/mol. The quantitative estimate of drug-likeness (QED) is 0.447. The van der Waals surface area contributed by atoms with Crippen LogP contribution < -0.4 is 0 Å². The molecule has 4 nitrogen and oxygen atoms in total. The van der Waals surface area contributed by atoms with Gasteiger partial charge >= 0.3 is 0 Å². The summed E-state index contributed by atoms with van der Waals surface area (Å²) in [6.07, 6.45) is 7.53. The second kappa shape index (κ2) is 5.09. The predicted molar refractivity (Wildman–Crippen MR) is 96.7 cm³/mol. The van der Waals surface area contributed by atoms with Crippen molar-refractivity contribution in [1.82, 2.24) is 19.5 Å². The summed E-state index contributed by atoms with van der Waals surface area (Å²) in [5.41, 5.74) is 4.69. The van der Waals surface area contributed by atoms with Gasteiger partial charge in [-0.1, -0.05) is 19.9 Å². The van der Waals surface area contributed by atoms with Crippen LogP contribution >= 0.6 is 0 Å². The first kappa shape index (κ1) is 13.8. The number of hydrogen-bond donors (Lipinski definition) is 1. The van der Waals surface area contributed by atoms with Crippen LogP contribution in [0.1, 0.15) is 13.8 Å². The number of H-pyrrole nitrogens is 1. The number of benzene rings is 1. The molecule has 0 aliphatic heterocycles. The number of rotatable bonds is 0. The lowest BCUT2D eigenvalue weighted by molar-refractivity contribution is 1.01. The van der Waals surface area contributed by atoms with Crippen molar-refractivity contribution in [2.24, 2.45) is 7.05 Å². The molecule has 0 unspecified atom stereocenters. The molecule has 0 fully saturated rings. The van der Waals surface area contributed by atoms with Crippen LogP contribution in [0.25, 0.3) is 43.6 Å². The van der Waals surface area contributed by atoms with Gasteiger partial charge in [0.2, 0.25) is 0 Å². The van der Waals surface area contributed by atoms with Crippen LogP contribution in [0.5, 0.6) is 0 Å². The van der Waals surface area contributed by atoms with Gasteiger partial charge in [-0.15, -0.1) is 0 Å². The van der Waals surface area contributed by atoms with E-state index >= 15 is 0 Å². The zero-order valence-electron chi connectivity index (χ0n) is 13.5. The zero-order valence-corrected chi connectivity index (χ0v) is 13.5. The van der Waals surface area contributed by atoms with Gasteiger partial charge in [-0.2, -0.15) is 0 Å². The smallest absolute Gasteiger partial charge is 0.0567 e. The zero-order chi connectivity index (χ0) is 16.0. The summed E-state index contributed by atoms with van der Waals surface area (Å²) in [5.74, 6) is 0. The Labute approximate surface area is 133 Å². The second-order valence-electron chi connectivity index (χ2n) is 5.38. The van der Waals surface area contributed by atoms with Crippen molar-refractivity contribution in [3.63, 3.8) is 0 Å². The molecule has 114 valence electrons. The maximum absolute atomic E-state index is 4.30. The Hall–Kier alpha value is -2.88. The minimum Gasteiger partial charge on any atom is -0.354 e. The first-order valence-corrected chi connectivity index (χ1v) is 7.91. The molecular formula is C19H18N4. The standard InChI is InChI=1S/C17H12N4.C2H6/c1-21-14-5-7-19-9-12(14)16-15(21)3-2-10-11-8-18-6-4-13(11)20-17(10)16;1-2/h2-9,20H,1H3;1-2H3. The van der Waals surface area contributed by atoms with Gasteiger partial charge < -0.3 is 9.55 Å². The Balaban J connectivity index is 0.000000652. The molecule has 0 saturated heterocycles. The lowest BCUT2D eigenvalue weighted by Crippen LogP contribution is -1.85. The Morgan fingerprint density at radius 2 is 1.57 bits per heavy atom. The highest BCUT2D eigenvalue weighted by atomic mass is 14.9. The van der Waals surface area contributed by atoms with E-state index in [2.05, 4.69) is 44.8 Å². The molecule has 0 amide bonds. The highest BCUT2D eigenvalue weighted by molar-refractivity contribution is 6.24. The number of fused-ring (bicyclic) bond motifs is 7. The van der Waals surface area contributed by atoms with Gasteiger partial charge in [0, 0.05) is 58.9 Å². The average molecular weight is 302 g/mol. The van der Waals surface area contributed by atoms with Crippen LogP contribution in [-0.4, -0.2) is 19.5 Å². The fourth-order valence-corrected chi connectivity index (χ4v) is 3.35. The Kier molecular flexibility index (Phi) is 3.05. The monoisotopic (exact) mass is 302 g/mol. The van der Waals surface area contributed by atoms with Crippen molar-refractivity contribution in [2.45, 2.75) is 13.8 Å². The maximum Gasteiger partial charge on any atom is 0.0567 e. The molecule has 1 aromatic carbocycles. The van der Waals surface area contributed by atoms with E-state index in [1.165, 1.54) is 27.2 Å². The second-order valence-corrected chi connectivity index (χ2v) is 5.38. The summed E-state index contributed by atoms with van der Waals surface area (Å²) in [6, 6.07) is 8.43. The van der Waals surface area contributed by atoms with Gasteiger partial charge in [-0.25, -0.2) is 0 Å². The fraction of sp³-hybridized carbons (Fsp3) is 0.158. The van der Waals surface area contributed by atoms with Crippen molar-refractivity contribution in [3.05, 3.63) is 49.1 Å². The van der Waals surface area contributed by atoms with Crippen LogP contribution in [0.15, 0.2) is 49.1 Å². The average Bonchev–Trinajstić information content (AvgIpc) is 3.13. The van der Waals surface area contributed by atoms with Gasteiger partial charge in [0.25, 0.3) is 0 Å². The summed E-state index contributed by atoms with van der Waals surface area (Å²) in [6.45, 7) is 4.00. The first-order chi connectivity index (χ1) is 11.3. The molecule has 4 heteroatoms. The largest absolute Gasteiger partial charge is 0.354 e. The van der Waals surface area contributed by atoms with E-state index < -0.39 is 0 Å². The van der Waals surface area contributed by atoms with E-state index in [0.29, 0.717) is 0 Å². The minimum atomic E-state index is 1.12. The van der Waals surface area contributed by atoms with Crippen molar-refractivity contribution in [3.8, 4) is 0 Å². The molecule has 0 aliphatic carbocycles. The van der Waals surface area contributed by atoms with Gasteiger partial charge in [-0.05, 0) is 18.2 Å². The van der Waals surface area contributed by atoms with E-state index in [-0.39, 0.29) is 0 Å². The van der Waals surface area contributed by atoms with Gasteiger partial charge in [0.15, 0.2) is 0 Å². The third-order valence-corrected chi connectivity index (χ3v) is 4.34. The van der Waals surface area contributed by atoms with Crippen molar-refractivity contribution >= 4 is 43.6 Å². The molecule has 0 saturated carbocycles. The third kappa shape index (κ3) is 1.78. The van der Waals surface area contributed by atoms with Crippen molar-refractivity contribution < 1.29 is 0 Å². The molecule has 5 aromatic rings. The molecule has 5 rings (SSSR count). The number of hydrogen-bond acceptors (Lipinski definition) is 2. The SMILES string of the molecule is CC.Cn1c2ccncc2c2c3[nH]c4ccncc4c3ccc21. The van der Waals surface area contributed by atoms with E-state index in [1.54, 1.807) is 0 Å². The van der Waals surface area contributed by atoms with Crippen LogP contribution in [-0.2, 0) is 7.05 Å². The number of nitrogens with zero attached hydrogens (tertiary/aromatic N) is 3. The Morgan fingerprint density at radius 3 is 2.39 bits per heavy atom. The summed E-state index contributed by atoms with van der Waals surface area (Å²) >= 11 is 0. The van der Waals surface area contributed by atoms with E-state index in [0.717, 1.165) is 16.4 Å². The summed E-state index contributed by atoms with van der Waals surface area (Å²) in [7, 11) is 2.10. The topological polar surface area (TPSA) is 46.5 Å². The maximum atomic E-state index is 4.30. The molecule has 0 bridgehead atoms. The van der Waals surface area contributed by atoms with E-state index in [4.69, 9.17) is 0 Å². The normalized spacial score (nSPS) is 11.3. The number of aromatic nitrogens is 4. The minimum absolute atomic E-state index is 1.12. The van der Waals surface area contributed by atoms with Crippen LogP contribution in [0.4, 0.5) is 0 Å². The molecule has 23 heavy (non-hydrogen) atoms. The van der Waals surface area contributed by atoms with Gasteiger partial charge in [0.1, 0.15) is 0 Å². The number of aromatic amines is 1. The van der Waals surface area contributed by atoms with Crippen LogP contribution in [0, 0.1) is 0 Å². The molecule has 0 spiro atoms. The molecule has 0 aliphatic rings. The highest BCUT2D eigenvalue weighted by Gasteiger charge is 2.14. The number of nitrogens with one attached hydrogen (secondary N) is 1. The van der Waals surface area contributed by atoms with Crippen molar-refractivity contribution in [1.29, 1.82) is 0 Å². The first-order valence-electron chi connectivity index (χ1n) is 7.91. The van der Waals surface area contributed by atoms with E-state index in [1.807, 2.05) is 44.7 Å². The summed E-state index contributed by atoms with van der Waals surface area (Å²) in [4.78, 5) is 12.1. The Morgan fingerprint density at radius 1 is 0.826 bits per heavy atom. The lowest BCUT2D eigenvalue weighted by Gasteiger charge is -1.97. The fourth-order valence-electron chi connectivity index (χ4n) is 3.35. The summed E-state index contributed by atoms with van der Waals surface area (Å²) < 4.78 is 2.22.